The number of anilines is 1. The van der Waals surface area contributed by atoms with Gasteiger partial charge in [0.2, 0.25) is 6.08 Å². The second-order valence-corrected chi connectivity index (χ2v) is 6.38. The first-order chi connectivity index (χ1) is 13.2. The van der Waals surface area contributed by atoms with E-state index in [1.807, 2.05) is 0 Å². The monoisotopic (exact) mass is 424 g/mol. The Kier molecular flexibility index (Phi) is 8.99. The normalized spacial score (nSPS) is 9.79. The number of nitrogens with zero attached hydrogens (tertiary/aromatic N) is 1. The highest BCUT2D eigenvalue weighted by molar-refractivity contribution is 6.33. The summed E-state index contributed by atoms with van der Waals surface area (Å²) in [4.78, 5) is 36.0. The molecule has 0 spiro atoms. The quantitative estimate of drug-likeness (QED) is 0.292. The molecule has 28 heavy (non-hydrogen) atoms. The molecule has 0 amide bonds. The van der Waals surface area contributed by atoms with E-state index < -0.39 is 19.0 Å². The predicted octanol–water partition coefficient (Wildman–Crippen LogP) is 3.20. The van der Waals surface area contributed by atoms with Crippen LogP contribution in [0.1, 0.15) is 31.8 Å². The standard InChI is InChI=1S/C10H8ClNO3.C9H10ClNO2/c1-6-7(9(15)4-13)2-3-8(11)10(6)12-5-14;1-5-6(8(13)4-12)2-3-7(10)9(5)11/h2-3,13H,4H2,1H3;2-3,12H,4,11H2,1H3. The Labute approximate surface area is 171 Å². The van der Waals surface area contributed by atoms with E-state index in [2.05, 4.69) is 4.99 Å². The summed E-state index contributed by atoms with van der Waals surface area (Å²) in [6.07, 6.45) is 1.37. The lowest BCUT2D eigenvalue weighted by Gasteiger charge is -2.07. The lowest BCUT2D eigenvalue weighted by Crippen LogP contribution is -2.08. The summed E-state index contributed by atoms with van der Waals surface area (Å²) in [5.41, 5.74) is 8.02. The fraction of sp³-hybridized carbons (Fsp3) is 0.211. The van der Waals surface area contributed by atoms with Gasteiger partial charge in [0.15, 0.2) is 11.6 Å². The van der Waals surface area contributed by atoms with Crippen molar-refractivity contribution in [3.05, 3.63) is 56.6 Å². The third-order valence-corrected chi connectivity index (χ3v) is 4.52. The van der Waals surface area contributed by atoms with Crippen molar-refractivity contribution in [3.63, 3.8) is 0 Å². The van der Waals surface area contributed by atoms with Gasteiger partial charge in [0, 0.05) is 11.1 Å². The van der Waals surface area contributed by atoms with Crippen LogP contribution in [0.5, 0.6) is 0 Å². The van der Waals surface area contributed by atoms with Crippen LogP contribution in [0, 0.1) is 13.8 Å². The molecule has 0 saturated carbocycles. The average molecular weight is 425 g/mol. The molecular formula is C19H18Cl2N2O5. The summed E-state index contributed by atoms with van der Waals surface area (Å²) in [6.45, 7) is 2.20. The number of nitrogen functional groups attached to an aromatic ring is 1. The second kappa shape index (κ2) is 10.7. The van der Waals surface area contributed by atoms with Crippen molar-refractivity contribution in [2.45, 2.75) is 13.8 Å². The van der Waals surface area contributed by atoms with Gasteiger partial charge in [0.1, 0.15) is 13.2 Å². The summed E-state index contributed by atoms with van der Waals surface area (Å²) in [7, 11) is 0. The maximum Gasteiger partial charge on any atom is 0.240 e. The SMILES string of the molecule is Cc1c(C(=O)CO)ccc(Cl)c1N.Cc1c(C(=O)CO)ccc(Cl)c1N=C=O. The van der Waals surface area contributed by atoms with Crippen molar-refractivity contribution in [1.82, 2.24) is 0 Å². The van der Waals surface area contributed by atoms with E-state index in [0.717, 1.165) is 0 Å². The Morgan fingerprint density at radius 2 is 1.43 bits per heavy atom. The van der Waals surface area contributed by atoms with E-state index in [1.165, 1.54) is 18.2 Å². The highest BCUT2D eigenvalue weighted by Crippen LogP contribution is 2.30. The number of benzene rings is 2. The number of aliphatic hydroxyl groups excluding tert-OH is 2. The van der Waals surface area contributed by atoms with Gasteiger partial charge in [0.05, 0.1) is 21.4 Å². The molecule has 0 atom stereocenters. The summed E-state index contributed by atoms with van der Waals surface area (Å²) < 4.78 is 0. The molecular weight excluding hydrogens is 407 g/mol. The molecule has 0 aliphatic carbocycles. The van der Waals surface area contributed by atoms with Gasteiger partial charge in [0.25, 0.3) is 0 Å². The van der Waals surface area contributed by atoms with Gasteiger partial charge in [-0.3, -0.25) is 9.59 Å². The maximum atomic E-state index is 11.3. The van der Waals surface area contributed by atoms with Gasteiger partial charge >= 0.3 is 0 Å². The summed E-state index contributed by atoms with van der Waals surface area (Å²) in [5.74, 6) is -0.785. The fourth-order valence-electron chi connectivity index (χ4n) is 2.32. The minimum atomic E-state index is -0.591. The van der Waals surface area contributed by atoms with E-state index in [-0.39, 0.29) is 16.5 Å². The first-order valence-electron chi connectivity index (χ1n) is 7.89. The van der Waals surface area contributed by atoms with Gasteiger partial charge < -0.3 is 15.9 Å². The lowest BCUT2D eigenvalue weighted by molar-refractivity contribution is 0.0897. The van der Waals surface area contributed by atoms with Gasteiger partial charge in [-0.05, 0) is 49.2 Å². The number of Topliss-reactive ketones (excluding diaryl/α,β-unsaturated/α-hetero) is 2. The maximum absolute atomic E-state index is 11.3. The summed E-state index contributed by atoms with van der Waals surface area (Å²) in [6, 6.07) is 6.05. The first kappa shape index (κ1) is 23.5. The molecule has 0 aromatic heterocycles. The number of carbonyl (C=O) groups is 2. The number of aliphatic imine (C=N–C) groups is 1. The molecule has 9 heteroatoms. The first-order valence-corrected chi connectivity index (χ1v) is 8.64. The van der Waals surface area contributed by atoms with Crippen LogP contribution in [0.15, 0.2) is 29.3 Å². The largest absolute Gasteiger partial charge is 0.397 e. The number of rotatable bonds is 5. The average Bonchev–Trinajstić information content (AvgIpc) is 2.69. The Morgan fingerprint density at radius 1 is 0.964 bits per heavy atom. The molecule has 0 unspecified atom stereocenters. The highest BCUT2D eigenvalue weighted by Gasteiger charge is 2.13. The van der Waals surface area contributed by atoms with Crippen molar-refractivity contribution in [3.8, 4) is 0 Å². The number of carbonyl (C=O) groups excluding carboxylic acids is 3. The highest BCUT2D eigenvalue weighted by atomic mass is 35.5. The molecule has 2 aromatic rings. The number of halogens is 2. The molecule has 0 saturated heterocycles. The molecule has 4 N–H and O–H groups in total. The van der Waals surface area contributed by atoms with Crippen molar-refractivity contribution in [1.29, 1.82) is 0 Å². The minimum Gasteiger partial charge on any atom is -0.397 e. The third-order valence-electron chi connectivity index (χ3n) is 3.89. The molecule has 0 bridgehead atoms. The molecule has 0 aliphatic rings. The lowest BCUT2D eigenvalue weighted by atomic mass is 10.0. The van der Waals surface area contributed by atoms with Crippen LogP contribution in [0.25, 0.3) is 0 Å². The van der Waals surface area contributed by atoms with Gasteiger partial charge in [-0.15, -0.1) is 0 Å². The molecule has 0 radical (unpaired) electrons. The third kappa shape index (κ3) is 5.48. The van der Waals surface area contributed by atoms with E-state index in [0.29, 0.717) is 33.0 Å². The van der Waals surface area contributed by atoms with Crippen LogP contribution >= 0.6 is 23.2 Å². The molecule has 2 aromatic carbocycles. The Bertz CT molecular complexity index is 954. The van der Waals surface area contributed by atoms with E-state index in [1.54, 1.807) is 26.0 Å². The van der Waals surface area contributed by atoms with E-state index in [4.69, 9.17) is 39.1 Å². The number of nitrogens with two attached hydrogens (primary N) is 1. The van der Waals surface area contributed by atoms with Crippen LogP contribution in [0.3, 0.4) is 0 Å². The zero-order valence-electron chi connectivity index (χ0n) is 15.1. The molecule has 2 rings (SSSR count). The summed E-state index contributed by atoms with van der Waals surface area (Å²) >= 11 is 11.5. The van der Waals surface area contributed by atoms with Crippen molar-refractivity contribution < 1.29 is 24.6 Å². The minimum absolute atomic E-state index is 0.214. The Hall–Kier alpha value is -2.54. The van der Waals surface area contributed by atoms with E-state index >= 15 is 0 Å². The number of aliphatic hydroxyl groups is 2. The number of hydrogen-bond donors (Lipinski definition) is 3. The smallest absolute Gasteiger partial charge is 0.240 e. The Balaban J connectivity index is 0.000000283. The Morgan fingerprint density at radius 3 is 1.89 bits per heavy atom. The van der Waals surface area contributed by atoms with Crippen LogP contribution in [0.2, 0.25) is 10.0 Å². The van der Waals surface area contributed by atoms with Gasteiger partial charge in [-0.25, -0.2) is 4.79 Å². The van der Waals surface area contributed by atoms with Crippen LogP contribution < -0.4 is 5.73 Å². The number of hydrogen-bond acceptors (Lipinski definition) is 7. The zero-order chi connectivity index (χ0) is 21.4. The topological polar surface area (TPSA) is 130 Å². The van der Waals surface area contributed by atoms with Gasteiger partial charge in [-0.2, -0.15) is 4.99 Å². The number of isocyanates is 1. The molecule has 0 fully saturated rings. The summed E-state index contributed by atoms with van der Waals surface area (Å²) in [5, 5.41) is 18.1. The predicted molar refractivity (Wildman–Crippen MR) is 107 cm³/mol. The van der Waals surface area contributed by atoms with Crippen molar-refractivity contribution >= 4 is 52.2 Å². The zero-order valence-corrected chi connectivity index (χ0v) is 16.6. The van der Waals surface area contributed by atoms with Crippen molar-refractivity contribution in [2.75, 3.05) is 18.9 Å². The molecule has 0 aliphatic heterocycles. The van der Waals surface area contributed by atoms with Gasteiger partial charge in [-0.1, -0.05) is 23.2 Å². The van der Waals surface area contributed by atoms with Crippen LogP contribution in [-0.4, -0.2) is 41.1 Å². The van der Waals surface area contributed by atoms with Crippen molar-refractivity contribution in [2.24, 2.45) is 4.99 Å². The second-order valence-electron chi connectivity index (χ2n) is 5.57. The fourth-order valence-corrected chi connectivity index (χ4v) is 2.77. The molecule has 0 heterocycles. The van der Waals surface area contributed by atoms with Crippen LogP contribution in [-0.2, 0) is 4.79 Å². The number of ketones is 2. The molecule has 148 valence electrons. The molecule has 7 nitrogen and oxygen atoms in total. The van der Waals surface area contributed by atoms with Crippen LogP contribution in [0.4, 0.5) is 11.4 Å². The van der Waals surface area contributed by atoms with E-state index in [9.17, 15) is 14.4 Å².